The topological polar surface area (TPSA) is 152 Å². The monoisotopic (exact) mass is 583 g/mol. The van der Waals surface area contributed by atoms with Gasteiger partial charge in [-0.05, 0) is 25.5 Å². The average Bonchev–Trinajstić information content (AvgIpc) is 3.39. The molecule has 0 unspecified atom stereocenters. The third-order valence-corrected chi connectivity index (χ3v) is 7.09. The van der Waals surface area contributed by atoms with Crippen molar-refractivity contribution in [2.45, 2.75) is 58.9 Å². The summed E-state index contributed by atoms with van der Waals surface area (Å²) in [5.41, 5.74) is 1.27. The largest absolute Gasteiger partial charge is 0.481 e. The Labute approximate surface area is 239 Å². The van der Waals surface area contributed by atoms with Gasteiger partial charge in [0.25, 0.3) is 0 Å². The van der Waals surface area contributed by atoms with Gasteiger partial charge in [-0.25, -0.2) is 23.4 Å². The van der Waals surface area contributed by atoms with Crippen LogP contribution in [-0.2, 0) is 24.2 Å². The Morgan fingerprint density at radius 1 is 0.975 bits per heavy atom. The number of ether oxygens (including phenoxy) is 4. The third kappa shape index (κ3) is 8.91. The maximum absolute atomic E-state index is 13.5. The molecule has 2 atom stereocenters. The summed E-state index contributed by atoms with van der Waals surface area (Å²) in [6, 6.07) is 4.69. The molecule has 3 aromatic rings. The predicted octanol–water partition coefficient (Wildman–Crippen LogP) is 4.10. The molecule has 226 valence electrons. The van der Waals surface area contributed by atoms with Crippen LogP contribution in [0.5, 0.6) is 5.88 Å². The van der Waals surface area contributed by atoms with Crippen molar-refractivity contribution in [2.75, 3.05) is 46.4 Å². The zero-order valence-corrected chi connectivity index (χ0v) is 25.9. The smallest absolute Gasteiger partial charge is 0.240 e. The van der Waals surface area contributed by atoms with Gasteiger partial charge < -0.3 is 18.9 Å². The highest BCUT2D eigenvalue weighted by Crippen LogP contribution is 2.29. The van der Waals surface area contributed by atoms with Crippen molar-refractivity contribution in [3.8, 4) is 17.4 Å². The first-order valence-electron chi connectivity index (χ1n) is 13.0. The van der Waals surface area contributed by atoms with Crippen LogP contribution in [0.3, 0.4) is 0 Å². The van der Waals surface area contributed by atoms with Crippen LogP contribution in [-0.4, -0.2) is 85.0 Å². The van der Waals surface area contributed by atoms with E-state index in [9.17, 15) is 8.42 Å². The van der Waals surface area contributed by atoms with Crippen LogP contribution in [0.2, 0.25) is 0 Å². The number of pyridine rings is 1. The van der Waals surface area contributed by atoms with Crippen LogP contribution < -0.4 is 9.46 Å². The molecule has 0 aromatic carbocycles. The molecule has 0 radical (unpaired) electrons. The van der Waals surface area contributed by atoms with E-state index in [1.807, 2.05) is 34.6 Å². The van der Waals surface area contributed by atoms with Crippen LogP contribution in [0.15, 0.2) is 30.6 Å². The molecule has 3 aromatic heterocycles. The number of anilines is 1. The minimum Gasteiger partial charge on any atom is -0.481 e. The molecule has 0 amide bonds. The Kier molecular flexibility index (Phi) is 15.2. The molecule has 14 heteroatoms. The lowest BCUT2D eigenvalue weighted by Gasteiger charge is -2.24. The second-order valence-corrected chi connectivity index (χ2v) is 10.0. The summed E-state index contributed by atoms with van der Waals surface area (Å²) in [6.45, 7) is 11.7. The molecule has 0 spiro atoms. The highest BCUT2D eigenvalue weighted by atomic mass is 32.2. The molecule has 3 rings (SSSR count). The number of hydrogen-bond donors (Lipinski definition) is 1. The third-order valence-electron chi connectivity index (χ3n) is 5.40. The van der Waals surface area contributed by atoms with Crippen LogP contribution in [0.1, 0.15) is 59.6 Å². The van der Waals surface area contributed by atoms with Gasteiger partial charge in [0.15, 0.2) is 11.6 Å². The quantitative estimate of drug-likeness (QED) is 0.309. The number of aryl methyl sites for hydroxylation is 1. The van der Waals surface area contributed by atoms with Gasteiger partial charge in [-0.1, -0.05) is 33.8 Å². The van der Waals surface area contributed by atoms with Crippen LogP contribution >= 0.6 is 0 Å². The van der Waals surface area contributed by atoms with Crippen molar-refractivity contribution in [2.24, 2.45) is 0 Å². The number of rotatable bonds is 13. The van der Waals surface area contributed by atoms with E-state index in [-0.39, 0.29) is 26.4 Å². The number of sulfonamides is 1. The van der Waals surface area contributed by atoms with Gasteiger partial charge in [-0.2, -0.15) is 0 Å². The number of methoxy groups -OCH3 is 4. The van der Waals surface area contributed by atoms with Gasteiger partial charge in [0.1, 0.15) is 17.0 Å². The van der Waals surface area contributed by atoms with E-state index < -0.39 is 27.4 Å². The first-order chi connectivity index (χ1) is 19.2. The maximum Gasteiger partial charge on any atom is 0.240 e. The van der Waals surface area contributed by atoms with E-state index in [1.165, 1.54) is 35.4 Å². The molecule has 13 nitrogen and oxygen atoms in total. The van der Waals surface area contributed by atoms with E-state index >= 15 is 0 Å². The fourth-order valence-corrected chi connectivity index (χ4v) is 4.69. The molecule has 0 aliphatic heterocycles. The predicted molar refractivity (Wildman–Crippen MR) is 156 cm³/mol. The fourth-order valence-electron chi connectivity index (χ4n) is 3.56. The molecule has 0 saturated carbocycles. The molecule has 0 aliphatic rings. The molecule has 0 aliphatic carbocycles. The number of nitrogens with zero attached hydrogens (tertiary/aromatic N) is 6. The summed E-state index contributed by atoms with van der Waals surface area (Å²) in [4.78, 5) is 12.9. The highest BCUT2D eigenvalue weighted by molar-refractivity contribution is 7.93. The van der Waals surface area contributed by atoms with Crippen LogP contribution in [0, 0.1) is 6.92 Å². The summed E-state index contributed by atoms with van der Waals surface area (Å²) in [7, 11) is 1.92. The van der Waals surface area contributed by atoms with Gasteiger partial charge in [0.2, 0.25) is 21.9 Å². The van der Waals surface area contributed by atoms with Gasteiger partial charge in [-0.15, -0.1) is 10.2 Å². The molecule has 1 N–H and O–H groups in total. The highest BCUT2D eigenvalue weighted by Gasteiger charge is 2.35. The molecule has 0 saturated heterocycles. The lowest BCUT2D eigenvalue weighted by Crippen LogP contribution is -2.34. The molecular formula is C26H45N7O6S. The van der Waals surface area contributed by atoms with Gasteiger partial charge in [0, 0.05) is 41.2 Å². The summed E-state index contributed by atoms with van der Waals surface area (Å²) in [6.07, 6.45) is 2.28. The molecule has 3 heterocycles. The van der Waals surface area contributed by atoms with E-state index in [0.29, 0.717) is 17.4 Å². The van der Waals surface area contributed by atoms with Crippen molar-refractivity contribution < 1.29 is 28.8 Å². The second kappa shape index (κ2) is 17.5. The Hall–Kier alpha value is -3.20. The van der Waals surface area contributed by atoms with Crippen molar-refractivity contribution in [1.82, 2.24) is 29.7 Å². The Morgan fingerprint density at radius 3 is 2.10 bits per heavy atom. The first kappa shape index (κ1) is 34.8. The van der Waals surface area contributed by atoms with E-state index in [2.05, 4.69) is 29.9 Å². The minimum absolute atomic E-state index is 0. The van der Waals surface area contributed by atoms with Gasteiger partial charge in [0.05, 0.1) is 26.4 Å². The van der Waals surface area contributed by atoms with E-state index in [0.717, 1.165) is 5.56 Å². The summed E-state index contributed by atoms with van der Waals surface area (Å²) in [5.74, 6) is 0.901. The number of aromatic nitrogens is 6. The first-order valence-corrected chi connectivity index (χ1v) is 14.6. The van der Waals surface area contributed by atoms with Crippen LogP contribution in [0.25, 0.3) is 11.5 Å². The normalized spacial score (nSPS) is 12.5. The molecule has 0 bridgehead atoms. The summed E-state index contributed by atoms with van der Waals surface area (Å²) in [5, 5.41) is 7.28. The maximum atomic E-state index is 13.5. The fraction of sp³-hybridized carbons (Fsp3) is 0.577. The molecular weight excluding hydrogens is 538 g/mol. The van der Waals surface area contributed by atoms with Gasteiger partial charge in [-0.3, -0.25) is 9.29 Å². The zero-order chi connectivity index (χ0) is 30.3. The SMILES string of the molecule is CC.CC.COCC(COC)n1c(NS(=O)(=O)[C@@H](C)[C@H](OC)c2ncc(C)cn2)nnc1-c1cccc(OC)n1.[HH]. The van der Waals surface area contributed by atoms with E-state index in [1.54, 1.807) is 35.2 Å². The summed E-state index contributed by atoms with van der Waals surface area (Å²) < 4.78 is 52.4. The standard InChI is InChI=1S/C22H31N7O6S.2C2H6.H2/c1-14-10-23-20(24-11-14)19(35-6)15(2)36(30,31)28-22-27-26-21(17-8-7-9-18(25-17)34-5)29(22)16(12-32-3)13-33-4;2*1-2;/h7-11,15-16,19H,12-13H2,1-6H3,(H,27,28);2*1-2H3;1H/t15-,19-;;;/m0.../s1. The van der Waals surface area contributed by atoms with Crippen LogP contribution in [0.4, 0.5) is 5.95 Å². The van der Waals surface area contributed by atoms with Crippen molar-refractivity contribution in [3.05, 3.63) is 42.0 Å². The van der Waals surface area contributed by atoms with Crippen molar-refractivity contribution >= 4 is 16.0 Å². The summed E-state index contributed by atoms with van der Waals surface area (Å²) >= 11 is 0. The second-order valence-electron chi connectivity index (χ2n) is 7.97. The molecule has 0 fully saturated rings. The number of nitrogens with one attached hydrogen (secondary N) is 1. The number of hydrogen-bond acceptors (Lipinski definition) is 11. The lowest BCUT2D eigenvalue weighted by atomic mass is 10.2. The Balaban J connectivity index is 0.00000306. The van der Waals surface area contributed by atoms with Crippen molar-refractivity contribution in [1.29, 1.82) is 0 Å². The average molecular weight is 584 g/mol. The minimum atomic E-state index is -4.06. The van der Waals surface area contributed by atoms with Crippen molar-refractivity contribution in [3.63, 3.8) is 0 Å². The Morgan fingerprint density at radius 2 is 1.57 bits per heavy atom. The zero-order valence-electron chi connectivity index (χ0n) is 25.1. The molecule has 40 heavy (non-hydrogen) atoms. The van der Waals surface area contributed by atoms with Gasteiger partial charge >= 0.3 is 0 Å². The van der Waals surface area contributed by atoms with E-state index in [4.69, 9.17) is 18.9 Å². The Bertz CT molecular complexity index is 1240. The lowest BCUT2D eigenvalue weighted by molar-refractivity contribution is 0.0907.